The first-order chi connectivity index (χ1) is 5.60. The molecule has 1 amide bonds. The van der Waals surface area contributed by atoms with Gasteiger partial charge in [-0.1, -0.05) is 0 Å². The Kier molecular flexibility index (Phi) is 3.33. The molecule has 0 fully saturated rings. The van der Waals surface area contributed by atoms with E-state index in [1.807, 2.05) is 0 Å². The molecule has 13 heavy (non-hydrogen) atoms. The van der Waals surface area contributed by atoms with E-state index in [-0.39, 0.29) is 6.08 Å². The van der Waals surface area contributed by atoms with Crippen LogP contribution in [0.25, 0.3) is 0 Å². The van der Waals surface area contributed by atoms with E-state index < -0.39 is 24.5 Å². The molecule has 0 aromatic rings. The topological polar surface area (TPSA) is 29.1 Å². The van der Waals surface area contributed by atoms with Gasteiger partial charge in [-0.15, -0.1) is 0 Å². The molecule has 1 N–H and O–H groups in total. The van der Waals surface area contributed by atoms with Gasteiger partial charge in [-0.3, -0.25) is 10.1 Å². The second kappa shape index (κ2) is 3.67. The molecule has 0 atom stereocenters. The minimum atomic E-state index is -5.02. The molecule has 0 radical (unpaired) electrons. The molecule has 0 aliphatic carbocycles. The number of nitrogens with one attached hydrogen (secondary N) is 1. The third kappa shape index (κ3) is 8.70. The summed E-state index contributed by atoms with van der Waals surface area (Å²) >= 11 is 0. The van der Waals surface area contributed by atoms with E-state index in [4.69, 9.17) is 0 Å². The van der Waals surface area contributed by atoms with Gasteiger partial charge in [-0.2, -0.15) is 26.3 Å². The van der Waals surface area contributed by atoms with Gasteiger partial charge in [0, 0.05) is 12.2 Å². The van der Waals surface area contributed by atoms with Crippen LogP contribution in [0.1, 0.15) is 0 Å². The maximum Gasteiger partial charge on any atom is 0.484 e. The van der Waals surface area contributed by atoms with E-state index in [1.54, 1.807) is 0 Å². The lowest BCUT2D eigenvalue weighted by Crippen LogP contribution is -2.36. The van der Waals surface area contributed by atoms with Crippen molar-refractivity contribution in [3.8, 4) is 0 Å². The van der Waals surface area contributed by atoms with E-state index in [0.29, 0.717) is 5.32 Å². The van der Waals surface area contributed by atoms with Crippen LogP contribution < -0.4 is 5.32 Å². The Morgan fingerprint density at radius 1 is 1.08 bits per heavy atom. The number of carbonyl (C=O) groups is 1. The largest absolute Gasteiger partial charge is 0.484 e. The molecular formula is C5H3F6NO. The van der Waals surface area contributed by atoms with Crippen LogP contribution in [0.2, 0.25) is 0 Å². The summed E-state index contributed by atoms with van der Waals surface area (Å²) in [6.45, 7) is 0. The highest BCUT2D eigenvalue weighted by Crippen LogP contribution is 2.16. The van der Waals surface area contributed by atoms with Crippen molar-refractivity contribution in [1.82, 2.24) is 5.32 Å². The number of rotatable bonds is 1. The fraction of sp³-hybridized carbons (Fsp3) is 0.400. The van der Waals surface area contributed by atoms with Crippen LogP contribution in [0.5, 0.6) is 0 Å². The molecule has 76 valence electrons. The number of alkyl halides is 6. The fourth-order valence-electron chi connectivity index (χ4n) is 0.352. The van der Waals surface area contributed by atoms with Gasteiger partial charge in [0.2, 0.25) is 0 Å². The van der Waals surface area contributed by atoms with Crippen molar-refractivity contribution in [3.63, 3.8) is 0 Å². The Hall–Kier alpha value is -1.21. The van der Waals surface area contributed by atoms with Gasteiger partial charge in [0.1, 0.15) is 0 Å². The molecule has 0 unspecified atom stereocenters. The van der Waals surface area contributed by atoms with Gasteiger partial charge in [0.15, 0.2) is 0 Å². The molecule has 0 aromatic heterocycles. The molecule has 0 saturated carbocycles. The van der Waals surface area contributed by atoms with Crippen LogP contribution in [-0.4, -0.2) is 18.4 Å². The lowest BCUT2D eigenvalue weighted by atomic mass is 10.4. The molecule has 0 spiro atoms. The van der Waals surface area contributed by atoms with E-state index >= 15 is 0 Å². The minimum absolute atomic E-state index is 0.243. The fourth-order valence-corrected chi connectivity index (χ4v) is 0.352. The summed E-state index contributed by atoms with van der Waals surface area (Å²) in [5.74, 6) is -1.87. The molecule has 2 nitrogen and oxygen atoms in total. The molecule has 0 aliphatic rings. The predicted molar refractivity (Wildman–Crippen MR) is 29.4 cm³/mol. The molecule has 0 rings (SSSR count). The summed E-state index contributed by atoms with van der Waals surface area (Å²) in [4.78, 5) is 10.1. The monoisotopic (exact) mass is 207 g/mol. The van der Waals surface area contributed by atoms with Crippen LogP contribution in [0.4, 0.5) is 26.3 Å². The minimum Gasteiger partial charge on any atom is -0.270 e. The Bertz CT molecular complexity index is 214. The standard InChI is InChI=1S/C5H3F6NO/c6-4(7,8)2-1-3(13)12-5(9,10)11/h1-2H,(H,12,13)/b2-1+. The van der Waals surface area contributed by atoms with Gasteiger partial charge in [-0.25, -0.2) is 0 Å². The smallest absolute Gasteiger partial charge is 0.270 e. The maximum absolute atomic E-state index is 11.3. The Morgan fingerprint density at radius 2 is 1.54 bits per heavy atom. The third-order valence-corrected chi connectivity index (χ3v) is 0.689. The molecule has 0 aliphatic heterocycles. The molecule has 0 saturated heterocycles. The average molecular weight is 207 g/mol. The van der Waals surface area contributed by atoms with Crippen molar-refractivity contribution >= 4 is 5.91 Å². The highest BCUT2D eigenvalue weighted by Gasteiger charge is 2.30. The van der Waals surface area contributed by atoms with E-state index in [1.165, 1.54) is 0 Å². The van der Waals surface area contributed by atoms with Crippen LogP contribution in [0, 0.1) is 0 Å². The van der Waals surface area contributed by atoms with Gasteiger partial charge in [-0.05, 0) is 0 Å². The van der Waals surface area contributed by atoms with Crippen molar-refractivity contribution in [3.05, 3.63) is 12.2 Å². The molecule has 0 aromatic carbocycles. The van der Waals surface area contributed by atoms with Crippen molar-refractivity contribution in [2.24, 2.45) is 0 Å². The number of amides is 1. The maximum atomic E-state index is 11.3. The SMILES string of the molecule is O=C(/C=C/C(F)(F)F)NC(F)(F)F. The van der Waals surface area contributed by atoms with Crippen molar-refractivity contribution in [1.29, 1.82) is 0 Å². The second-order valence-electron chi connectivity index (χ2n) is 1.86. The van der Waals surface area contributed by atoms with Crippen LogP contribution in [0.3, 0.4) is 0 Å². The molecular weight excluding hydrogens is 204 g/mol. The van der Waals surface area contributed by atoms with Gasteiger partial charge in [0.05, 0.1) is 0 Å². The summed E-state index contributed by atoms with van der Waals surface area (Å²) in [6.07, 6.45) is -10.7. The molecule has 0 heterocycles. The van der Waals surface area contributed by atoms with E-state index in [2.05, 4.69) is 0 Å². The summed E-state index contributed by atoms with van der Waals surface area (Å²) in [7, 11) is 0. The Morgan fingerprint density at radius 3 is 1.85 bits per heavy atom. The molecule has 0 bridgehead atoms. The Labute approximate surface area is 68.2 Å². The number of halogens is 6. The van der Waals surface area contributed by atoms with E-state index in [9.17, 15) is 31.1 Å². The number of hydrogen-bond acceptors (Lipinski definition) is 1. The summed E-state index contributed by atoms with van der Waals surface area (Å²) in [6, 6.07) is 0. The van der Waals surface area contributed by atoms with Crippen LogP contribution >= 0.6 is 0 Å². The highest BCUT2D eigenvalue weighted by molar-refractivity contribution is 5.87. The van der Waals surface area contributed by atoms with Crippen molar-refractivity contribution < 1.29 is 31.1 Å². The first kappa shape index (κ1) is 11.8. The van der Waals surface area contributed by atoms with Crippen LogP contribution in [-0.2, 0) is 4.79 Å². The van der Waals surface area contributed by atoms with Crippen molar-refractivity contribution in [2.45, 2.75) is 12.5 Å². The molecule has 8 heteroatoms. The normalized spacial score (nSPS) is 13.4. The second-order valence-corrected chi connectivity index (χ2v) is 1.86. The van der Waals surface area contributed by atoms with Gasteiger partial charge >= 0.3 is 12.5 Å². The Balaban J connectivity index is 4.11. The number of hydrogen-bond donors (Lipinski definition) is 1. The van der Waals surface area contributed by atoms with E-state index in [0.717, 1.165) is 0 Å². The zero-order valence-electron chi connectivity index (χ0n) is 5.83. The lowest BCUT2D eigenvalue weighted by Gasteiger charge is -2.05. The number of carbonyl (C=O) groups excluding carboxylic acids is 1. The zero-order chi connectivity index (χ0) is 10.7. The summed E-state index contributed by atoms with van der Waals surface area (Å²) in [5, 5.41) is 0.366. The predicted octanol–water partition coefficient (Wildman–Crippen LogP) is 1.74. The summed E-state index contributed by atoms with van der Waals surface area (Å²) in [5.41, 5.74) is 0. The summed E-state index contributed by atoms with van der Waals surface area (Å²) < 4.78 is 67.7. The van der Waals surface area contributed by atoms with Crippen molar-refractivity contribution in [2.75, 3.05) is 0 Å². The van der Waals surface area contributed by atoms with Gasteiger partial charge < -0.3 is 0 Å². The highest BCUT2D eigenvalue weighted by atomic mass is 19.4. The quantitative estimate of drug-likeness (QED) is 0.396. The first-order valence-corrected chi connectivity index (χ1v) is 2.75. The zero-order valence-corrected chi connectivity index (χ0v) is 5.83. The third-order valence-electron chi connectivity index (χ3n) is 0.689. The van der Waals surface area contributed by atoms with Crippen LogP contribution in [0.15, 0.2) is 12.2 Å². The first-order valence-electron chi connectivity index (χ1n) is 2.75. The average Bonchev–Trinajstić information content (AvgIpc) is 1.78. The lowest BCUT2D eigenvalue weighted by molar-refractivity contribution is -0.166. The number of allylic oxidation sites excluding steroid dienone is 1. The van der Waals surface area contributed by atoms with Gasteiger partial charge in [0.25, 0.3) is 5.91 Å².